The summed E-state index contributed by atoms with van der Waals surface area (Å²) in [5.74, 6) is 2.41. The smallest absolute Gasteiger partial charge is 0.162 e. The van der Waals surface area contributed by atoms with Crippen LogP contribution in [0.25, 0.3) is 0 Å². The number of rotatable bonds is 8. The van der Waals surface area contributed by atoms with Crippen molar-refractivity contribution >= 4 is 28.7 Å². The molecule has 2 aliphatic carbocycles. The van der Waals surface area contributed by atoms with Gasteiger partial charge in [0.05, 0.1) is 24.2 Å². The third-order valence-electron chi connectivity index (χ3n) is 9.64. The number of aliphatic hydroxyl groups is 2. The molecule has 0 amide bonds. The van der Waals surface area contributed by atoms with E-state index in [2.05, 4.69) is 56.1 Å². The number of anilines is 5. The van der Waals surface area contributed by atoms with Crippen LogP contribution in [0.2, 0.25) is 0 Å². The van der Waals surface area contributed by atoms with Gasteiger partial charge in [0.2, 0.25) is 0 Å². The van der Waals surface area contributed by atoms with E-state index in [1.54, 1.807) is 4.90 Å². The Labute approximate surface area is 229 Å². The van der Waals surface area contributed by atoms with Crippen molar-refractivity contribution in [1.29, 1.82) is 0 Å². The molecule has 11 nitrogen and oxygen atoms in total. The van der Waals surface area contributed by atoms with Crippen molar-refractivity contribution in [3.05, 3.63) is 30.1 Å². The van der Waals surface area contributed by atoms with Crippen LogP contribution in [0, 0.1) is 5.92 Å². The lowest BCUT2D eigenvalue weighted by Gasteiger charge is -2.42. The van der Waals surface area contributed by atoms with E-state index in [0.29, 0.717) is 48.7 Å². The molecule has 1 unspecified atom stereocenters. The number of hydrogen-bond acceptors (Lipinski definition) is 11. The van der Waals surface area contributed by atoms with Gasteiger partial charge in [-0.3, -0.25) is 0 Å². The van der Waals surface area contributed by atoms with E-state index in [0.717, 1.165) is 25.2 Å². The number of nitrogens with one attached hydrogen (secondary N) is 3. The van der Waals surface area contributed by atoms with E-state index in [1.807, 2.05) is 0 Å². The number of nitrogens with zero attached hydrogens (tertiary/aromatic N) is 4. The first-order chi connectivity index (χ1) is 18.9. The zero-order valence-corrected chi connectivity index (χ0v) is 22.5. The summed E-state index contributed by atoms with van der Waals surface area (Å²) >= 11 is 0. The van der Waals surface area contributed by atoms with Gasteiger partial charge in [0.1, 0.15) is 30.3 Å². The minimum Gasteiger partial charge on any atom is -0.387 e. The molecule has 2 saturated carbocycles. The highest BCUT2D eigenvalue weighted by Gasteiger charge is 2.48. The van der Waals surface area contributed by atoms with Crippen LogP contribution < -0.4 is 26.6 Å². The average molecular weight is 537 g/mol. The third kappa shape index (κ3) is 4.55. The van der Waals surface area contributed by atoms with Gasteiger partial charge >= 0.3 is 0 Å². The molecule has 2 aromatic rings. The third-order valence-corrected chi connectivity index (χ3v) is 9.64. The van der Waals surface area contributed by atoms with Crippen molar-refractivity contribution in [1.82, 2.24) is 14.9 Å². The second kappa shape index (κ2) is 9.96. The quantitative estimate of drug-likeness (QED) is 0.296. The molecule has 7 rings (SSSR count). The second-order valence-electron chi connectivity index (χ2n) is 12.1. The van der Waals surface area contributed by atoms with Crippen LogP contribution in [0.5, 0.6) is 0 Å². The summed E-state index contributed by atoms with van der Waals surface area (Å²) in [6.45, 7) is 0.952. The van der Waals surface area contributed by atoms with Gasteiger partial charge in [-0.25, -0.2) is 9.97 Å². The van der Waals surface area contributed by atoms with Gasteiger partial charge < -0.3 is 46.4 Å². The molecule has 1 aromatic carbocycles. The van der Waals surface area contributed by atoms with Crippen LogP contribution in [-0.4, -0.2) is 82.1 Å². The molecule has 1 aromatic heterocycles. The summed E-state index contributed by atoms with van der Waals surface area (Å²) in [6, 6.07) is 7.36. The lowest BCUT2D eigenvalue weighted by Crippen LogP contribution is -2.48. The van der Waals surface area contributed by atoms with Crippen molar-refractivity contribution in [3.8, 4) is 0 Å². The molecule has 0 bridgehead atoms. The number of fused-ring (bicyclic) bond motifs is 2. The number of benzene rings is 1. The Morgan fingerprint density at radius 2 is 1.92 bits per heavy atom. The van der Waals surface area contributed by atoms with Gasteiger partial charge in [0, 0.05) is 12.6 Å². The van der Waals surface area contributed by atoms with Gasteiger partial charge in [0.25, 0.3) is 0 Å². The number of ether oxygens (including phenoxy) is 1. The zero-order chi connectivity index (χ0) is 26.7. The molecule has 3 aliphatic heterocycles. The van der Waals surface area contributed by atoms with E-state index in [1.165, 1.54) is 48.9 Å². The Hall–Kier alpha value is -2.86. The molecule has 0 spiro atoms. The molecule has 5 atom stereocenters. The van der Waals surface area contributed by atoms with Gasteiger partial charge in [-0.05, 0) is 75.1 Å². The predicted octanol–water partition coefficient (Wildman–Crippen LogP) is 2.32. The maximum absolute atomic E-state index is 10.8. The normalized spacial score (nSPS) is 33.1. The van der Waals surface area contributed by atoms with E-state index < -0.39 is 24.5 Å². The van der Waals surface area contributed by atoms with Crippen LogP contribution in [0.4, 0.5) is 28.7 Å². The topological polar surface area (TPSA) is 144 Å². The Morgan fingerprint density at radius 3 is 2.72 bits per heavy atom. The number of aromatic nitrogens is 2. The van der Waals surface area contributed by atoms with Gasteiger partial charge in [-0.1, -0.05) is 12.5 Å². The van der Waals surface area contributed by atoms with Crippen molar-refractivity contribution in [3.63, 3.8) is 0 Å². The highest BCUT2D eigenvalue weighted by molar-refractivity contribution is 5.80. The summed E-state index contributed by atoms with van der Waals surface area (Å²) in [5, 5.41) is 32.1. The summed E-state index contributed by atoms with van der Waals surface area (Å²) < 4.78 is 6.19. The number of likely N-dealkylation sites (N-methyl/N-ethyl adjacent to an activating group) is 1. The Balaban J connectivity index is 0.868. The first-order valence-electron chi connectivity index (χ1n) is 14.4. The lowest BCUT2D eigenvalue weighted by atomic mass is 9.76. The second-order valence-corrected chi connectivity index (χ2v) is 12.1. The van der Waals surface area contributed by atoms with Crippen molar-refractivity contribution in [2.45, 2.75) is 87.6 Å². The largest absolute Gasteiger partial charge is 0.387 e. The van der Waals surface area contributed by atoms with E-state index in [9.17, 15) is 10.2 Å². The fraction of sp³-hybridized carbons (Fsp3) is 0.643. The van der Waals surface area contributed by atoms with Crippen LogP contribution >= 0.6 is 0 Å². The predicted molar refractivity (Wildman–Crippen MR) is 151 cm³/mol. The maximum Gasteiger partial charge on any atom is 0.162 e. The van der Waals surface area contributed by atoms with Crippen molar-refractivity contribution in [2.24, 2.45) is 5.92 Å². The molecular weight excluding hydrogens is 496 g/mol. The molecule has 5 aliphatic rings. The number of nitrogens with two attached hydrogens (primary N) is 1. The zero-order valence-electron chi connectivity index (χ0n) is 22.5. The fourth-order valence-corrected chi connectivity index (χ4v) is 6.85. The monoisotopic (exact) mass is 536 g/mol. The minimum absolute atomic E-state index is 0.305. The summed E-state index contributed by atoms with van der Waals surface area (Å²) in [5.41, 5.74) is 10.6. The molecule has 11 heteroatoms. The highest BCUT2D eigenvalue weighted by atomic mass is 16.6. The van der Waals surface area contributed by atoms with Crippen LogP contribution in [0.1, 0.15) is 56.4 Å². The van der Waals surface area contributed by atoms with Gasteiger partial charge in [-0.15, -0.1) is 0 Å². The first kappa shape index (κ1) is 25.1. The number of hydrogen-bond donors (Lipinski definition) is 6. The summed E-state index contributed by atoms with van der Waals surface area (Å²) in [6.07, 6.45) is 7.13. The van der Waals surface area contributed by atoms with Crippen molar-refractivity contribution < 1.29 is 14.9 Å². The molecule has 3 fully saturated rings. The average Bonchev–Trinajstić information content (AvgIpc) is 3.54. The molecular formula is C28H40N8O3. The Kier molecular flexibility index (Phi) is 6.42. The van der Waals surface area contributed by atoms with E-state index in [-0.39, 0.29) is 0 Å². The minimum atomic E-state index is -1.04. The standard InChI is InChI=1S/C28H40N8O3/c1-35(12-21-24(37)25(38)28(39-21)36-14-32-23-26(29)30-13-31-27(23)36)18-9-15(10-18)5-8-22-33-19-7-6-17(11-20(19)34-22)16-3-2-4-16/h6-7,11,13,15-16,18,21-22,24-25,28,32-34,37-38H,2-5,8-10,12,14H2,1H3,(H2,29,30,31)/t15?,18?,21-,22?,24-,25-,28-/m1/s1. The molecule has 4 heterocycles. The molecule has 0 radical (unpaired) electrons. The molecule has 210 valence electrons. The molecule has 1 saturated heterocycles. The Bertz CT molecular complexity index is 1210. The highest BCUT2D eigenvalue weighted by Crippen LogP contribution is 2.42. The van der Waals surface area contributed by atoms with E-state index in [4.69, 9.17) is 10.5 Å². The lowest BCUT2D eigenvalue weighted by molar-refractivity contribution is -0.0259. The van der Waals surface area contributed by atoms with Crippen LogP contribution in [0.15, 0.2) is 24.5 Å². The van der Waals surface area contributed by atoms with Crippen LogP contribution in [0.3, 0.4) is 0 Å². The van der Waals surface area contributed by atoms with Gasteiger partial charge in [0.15, 0.2) is 17.9 Å². The first-order valence-corrected chi connectivity index (χ1v) is 14.4. The van der Waals surface area contributed by atoms with Gasteiger partial charge in [-0.2, -0.15) is 0 Å². The summed E-state index contributed by atoms with van der Waals surface area (Å²) in [7, 11) is 2.09. The van der Waals surface area contributed by atoms with Crippen molar-refractivity contribution in [2.75, 3.05) is 46.8 Å². The van der Waals surface area contributed by atoms with E-state index >= 15 is 0 Å². The van der Waals surface area contributed by atoms with Crippen LogP contribution in [-0.2, 0) is 4.74 Å². The summed E-state index contributed by atoms with van der Waals surface area (Å²) in [4.78, 5) is 12.4. The maximum atomic E-state index is 10.8. The molecule has 7 N–H and O–H groups in total. The number of nitrogen functional groups attached to an aromatic ring is 1. The molecule has 39 heavy (non-hydrogen) atoms. The SMILES string of the molecule is CN(C[C@H]1O[C@@H](N2CNc3c(N)ncnc32)[C@H](O)[C@@H]1O)C1CC(CCC2Nc3ccc(C4CCC4)cc3N2)C1. The number of aliphatic hydroxyl groups excluding tert-OH is 2. The fourth-order valence-electron chi connectivity index (χ4n) is 6.85. The Morgan fingerprint density at radius 1 is 1.10 bits per heavy atom.